The second-order valence-corrected chi connectivity index (χ2v) is 7.30. The minimum absolute atomic E-state index is 0.150. The average Bonchev–Trinajstić information content (AvgIpc) is 3.15. The van der Waals surface area contributed by atoms with Crippen molar-refractivity contribution in [3.05, 3.63) is 35.4 Å². The van der Waals surface area contributed by atoms with Gasteiger partial charge in [0.25, 0.3) is 0 Å². The first-order valence-electron chi connectivity index (χ1n) is 9.75. The maximum Gasteiger partial charge on any atom is 0.221 e. The number of hydrogen-bond donors (Lipinski definition) is 2. The van der Waals surface area contributed by atoms with Crippen molar-refractivity contribution in [3.8, 4) is 0 Å². The summed E-state index contributed by atoms with van der Waals surface area (Å²) in [6.07, 6.45) is 2.91. The van der Waals surface area contributed by atoms with Crippen molar-refractivity contribution in [2.45, 2.75) is 45.3 Å². The van der Waals surface area contributed by atoms with Crippen LogP contribution < -0.4 is 10.6 Å². The van der Waals surface area contributed by atoms with E-state index in [2.05, 4.69) is 51.6 Å². The molecule has 5 nitrogen and oxygen atoms in total. The summed E-state index contributed by atoms with van der Waals surface area (Å²) in [5, 5.41) is 6.41. The zero-order valence-electron chi connectivity index (χ0n) is 15.5. The van der Waals surface area contributed by atoms with Gasteiger partial charge in [-0.15, -0.1) is 0 Å². The molecule has 1 amide bonds. The number of amides is 1. The fourth-order valence-electron chi connectivity index (χ4n) is 3.71. The Balaban J connectivity index is 1.39. The maximum absolute atomic E-state index is 12.0. The number of nitrogens with zero attached hydrogens (tertiary/aromatic N) is 2. The third-order valence-corrected chi connectivity index (χ3v) is 5.43. The highest BCUT2D eigenvalue weighted by Crippen LogP contribution is 2.11. The topological polar surface area (TPSA) is 47.6 Å². The van der Waals surface area contributed by atoms with Gasteiger partial charge in [0.1, 0.15) is 0 Å². The molecule has 2 heterocycles. The number of carbonyl (C=O) groups is 1. The molecule has 25 heavy (non-hydrogen) atoms. The molecule has 0 spiro atoms. The third kappa shape index (κ3) is 5.80. The minimum Gasteiger partial charge on any atom is -0.352 e. The van der Waals surface area contributed by atoms with Crippen molar-refractivity contribution < 1.29 is 4.79 Å². The largest absolute Gasteiger partial charge is 0.352 e. The van der Waals surface area contributed by atoms with E-state index in [-0.39, 0.29) is 5.91 Å². The maximum atomic E-state index is 12.0. The number of rotatable bonds is 7. The van der Waals surface area contributed by atoms with Crippen LogP contribution in [-0.4, -0.2) is 61.0 Å². The molecule has 0 aliphatic carbocycles. The van der Waals surface area contributed by atoms with Gasteiger partial charge in [0.2, 0.25) is 5.91 Å². The van der Waals surface area contributed by atoms with Crippen molar-refractivity contribution in [2.24, 2.45) is 0 Å². The molecule has 0 saturated carbocycles. The van der Waals surface area contributed by atoms with Crippen molar-refractivity contribution in [1.29, 1.82) is 0 Å². The molecule has 2 aliphatic rings. The van der Waals surface area contributed by atoms with Crippen LogP contribution in [0.15, 0.2) is 24.3 Å². The van der Waals surface area contributed by atoms with Crippen LogP contribution in [0.4, 0.5) is 0 Å². The van der Waals surface area contributed by atoms with Gasteiger partial charge >= 0.3 is 0 Å². The number of carbonyl (C=O) groups excluding carboxylic acids is 1. The molecule has 1 aromatic carbocycles. The standard InChI is InChI=1S/C20H32N4O/c1-2-23-10-12-24(13-11-23)16-18-7-5-17(6-8-18)15-22-20(25)14-19-4-3-9-21-19/h5-8,19,21H,2-4,9-16H2,1H3,(H,22,25). The van der Waals surface area contributed by atoms with Crippen molar-refractivity contribution >= 4 is 5.91 Å². The molecule has 1 aromatic rings. The molecule has 2 aliphatic heterocycles. The summed E-state index contributed by atoms with van der Waals surface area (Å²) in [4.78, 5) is 17.0. The minimum atomic E-state index is 0.150. The van der Waals surface area contributed by atoms with E-state index in [0.717, 1.165) is 39.1 Å². The lowest BCUT2D eigenvalue weighted by atomic mass is 10.1. The number of nitrogens with one attached hydrogen (secondary N) is 2. The van der Waals surface area contributed by atoms with E-state index in [1.54, 1.807) is 0 Å². The van der Waals surface area contributed by atoms with Gasteiger partial charge in [-0.25, -0.2) is 0 Å². The van der Waals surface area contributed by atoms with Gasteiger partial charge in [-0.2, -0.15) is 0 Å². The predicted octanol–water partition coefficient (Wildman–Crippen LogP) is 1.58. The number of hydrogen-bond acceptors (Lipinski definition) is 4. The van der Waals surface area contributed by atoms with Crippen molar-refractivity contribution in [2.75, 3.05) is 39.3 Å². The SMILES string of the molecule is CCN1CCN(Cc2ccc(CNC(=O)CC3CCCN3)cc2)CC1. The second kappa shape index (κ2) is 9.32. The Hall–Kier alpha value is -1.43. The van der Waals surface area contributed by atoms with Crippen LogP contribution in [0.5, 0.6) is 0 Å². The summed E-state index contributed by atoms with van der Waals surface area (Å²) in [6, 6.07) is 9.06. The molecule has 5 heteroatoms. The number of likely N-dealkylation sites (N-methyl/N-ethyl adjacent to an activating group) is 1. The van der Waals surface area contributed by atoms with Crippen molar-refractivity contribution in [1.82, 2.24) is 20.4 Å². The normalized spacial score (nSPS) is 22.2. The van der Waals surface area contributed by atoms with Gasteiger partial charge in [0.05, 0.1) is 0 Å². The summed E-state index contributed by atoms with van der Waals surface area (Å²) in [6.45, 7) is 10.8. The first-order chi connectivity index (χ1) is 12.2. The number of benzene rings is 1. The fraction of sp³-hybridized carbons (Fsp3) is 0.650. The summed E-state index contributed by atoms with van der Waals surface area (Å²) >= 11 is 0. The Morgan fingerprint density at radius 2 is 1.80 bits per heavy atom. The van der Waals surface area contributed by atoms with E-state index in [9.17, 15) is 4.79 Å². The van der Waals surface area contributed by atoms with Gasteiger partial charge in [-0.05, 0) is 37.1 Å². The molecule has 2 fully saturated rings. The Labute approximate surface area is 151 Å². The molecule has 0 radical (unpaired) electrons. The van der Waals surface area contributed by atoms with E-state index < -0.39 is 0 Å². The molecule has 138 valence electrons. The lowest BCUT2D eigenvalue weighted by Gasteiger charge is -2.34. The third-order valence-electron chi connectivity index (χ3n) is 5.43. The highest BCUT2D eigenvalue weighted by atomic mass is 16.1. The Bertz CT molecular complexity index is 531. The summed E-state index contributed by atoms with van der Waals surface area (Å²) in [7, 11) is 0. The van der Waals surface area contributed by atoms with E-state index >= 15 is 0 Å². The molecule has 2 N–H and O–H groups in total. The average molecular weight is 345 g/mol. The van der Waals surface area contributed by atoms with Gasteiger partial charge in [-0.3, -0.25) is 9.69 Å². The van der Waals surface area contributed by atoms with Gasteiger partial charge in [0.15, 0.2) is 0 Å². The lowest BCUT2D eigenvalue weighted by molar-refractivity contribution is -0.121. The van der Waals surface area contributed by atoms with Crippen LogP contribution in [0.1, 0.15) is 37.3 Å². The Morgan fingerprint density at radius 1 is 1.12 bits per heavy atom. The highest BCUT2D eigenvalue weighted by molar-refractivity contribution is 5.76. The Morgan fingerprint density at radius 3 is 2.44 bits per heavy atom. The molecule has 1 atom stereocenters. The summed E-state index contributed by atoms with van der Waals surface area (Å²) in [5.74, 6) is 0.150. The summed E-state index contributed by atoms with van der Waals surface area (Å²) in [5.41, 5.74) is 2.53. The molecular formula is C20H32N4O. The second-order valence-electron chi connectivity index (χ2n) is 7.30. The molecular weight excluding hydrogens is 312 g/mol. The van der Waals surface area contributed by atoms with E-state index in [1.807, 2.05) is 0 Å². The molecule has 0 aromatic heterocycles. The van der Waals surface area contributed by atoms with Crippen LogP contribution in [-0.2, 0) is 17.9 Å². The zero-order chi connectivity index (χ0) is 17.5. The highest BCUT2D eigenvalue weighted by Gasteiger charge is 2.17. The zero-order valence-corrected chi connectivity index (χ0v) is 15.5. The monoisotopic (exact) mass is 344 g/mol. The first kappa shape index (κ1) is 18.4. The van der Waals surface area contributed by atoms with Crippen molar-refractivity contribution in [3.63, 3.8) is 0 Å². The molecule has 1 unspecified atom stereocenters. The molecule has 3 rings (SSSR count). The van der Waals surface area contributed by atoms with E-state index in [4.69, 9.17) is 0 Å². The van der Waals surface area contributed by atoms with Gasteiger partial charge < -0.3 is 15.5 Å². The van der Waals surface area contributed by atoms with Crippen LogP contribution in [0, 0.1) is 0 Å². The van der Waals surface area contributed by atoms with E-state index in [0.29, 0.717) is 19.0 Å². The van der Waals surface area contributed by atoms with Crippen LogP contribution in [0.25, 0.3) is 0 Å². The van der Waals surface area contributed by atoms with E-state index in [1.165, 1.54) is 30.6 Å². The number of piperazine rings is 1. The first-order valence-corrected chi connectivity index (χ1v) is 9.75. The summed E-state index contributed by atoms with van der Waals surface area (Å²) < 4.78 is 0. The predicted molar refractivity (Wildman–Crippen MR) is 101 cm³/mol. The van der Waals surface area contributed by atoms with Crippen LogP contribution in [0.3, 0.4) is 0 Å². The quantitative estimate of drug-likeness (QED) is 0.788. The van der Waals surface area contributed by atoms with Gasteiger partial charge in [-0.1, -0.05) is 31.2 Å². The Kier molecular flexibility index (Phi) is 6.84. The fourth-order valence-corrected chi connectivity index (χ4v) is 3.71. The molecule has 0 bridgehead atoms. The van der Waals surface area contributed by atoms with Gasteiger partial charge in [0, 0.05) is 51.7 Å². The molecule has 2 saturated heterocycles. The van der Waals surface area contributed by atoms with Crippen LogP contribution in [0.2, 0.25) is 0 Å². The van der Waals surface area contributed by atoms with Crippen LogP contribution >= 0.6 is 0 Å². The smallest absolute Gasteiger partial charge is 0.221 e. The lowest BCUT2D eigenvalue weighted by Crippen LogP contribution is -2.45.